The lowest BCUT2D eigenvalue weighted by Gasteiger charge is -2.23. The summed E-state index contributed by atoms with van der Waals surface area (Å²) in [5, 5.41) is 5.81. The Morgan fingerprint density at radius 1 is 1.11 bits per heavy atom. The van der Waals surface area contributed by atoms with Crippen LogP contribution in [-0.4, -0.2) is 42.4 Å². The van der Waals surface area contributed by atoms with Crippen LogP contribution in [0, 0.1) is 0 Å². The van der Waals surface area contributed by atoms with E-state index < -0.39 is 6.04 Å². The second-order valence-corrected chi connectivity index (χ2v) is 7.22. The molecule has 0 spiro atoms. The van der Waals surface area contributed by atoms with Crippen LogP contribution in [-0.2, 0) is 16.2 Å². The van der Waals surface area contributed by atoms with Crippen molar-refractivity contribution in [3.8, 4) is 5.75 Å². The normalized spacial score (nSPS) is 14.4. The molecular formula is C22H27N3O3. The number of anilines is 1. The molecule has 1 atom stereocenters. The van der Waals surface area contributed by atoms with E-state index in [0.29, 0.717) is 18.3 Å². The number of carbonyl (C=O) groups is 2. The molecule has 1 aliphatic carbocycles. The molecule has 0 bridgehead atoms. The predicted octanol–water partition coefficient (Wildman–Crippen LogP) is 2.80. The van der Waals surface area contributed by atoms with E-state index >= 15 is 0 Å². The lowest BCUT2D eigenvalue weighted by atomic mass is 10.2. The van der Waals surface area contributed by atoms with Gasteiger partial charge >= 0.3 is 0 Å². The van der Waals surface area contributed by atoms with Gasteiger partial charge in [-0.25, -0.2) is 0 Å². The third-order valence-corrected chi connectivity index (χ3v) is 4.75. The zero-order valence-electron chi connectivity index (χ0n) is 16.4. The lowest BCUT2D eigenvalue weighted by Crippen LogP contribution is -2.45. The van der Waals surface area contributed by atoms with Crippen LogP contribution in [0.25, 0.3) is 0 Å². The molecule has 148 valence electrons. The smallest absolute Gasteiger partial charge is 0.241 e. The largest absolute Gasteiger partial charge is 0.489 e. The van der Waals surface area contributed by atoms with Gasteiger partial charge in [0.1, 0.15) is 12.4 Å². The molecule has 6 nitrogen and oxygen atoms in total. The molecule has 2 aromatic carbocycles. The molecule has 3 rings (SSSR count). The summed E-state index contributed by atoms with van der Waals surface area (Å²) in [5.74, 6) is 0.549. The number of nitrogens with one attached hydrogen (secondary N) is 2. The van der Waals surface area contributed by atoms with E-state index in [4.69, 9.17) is 4.74 Å². The predicted molar refractivity (Wildman–Crippen MR) is 109 cm³/mol. The van der Waals surface area contributed by atoms with E-state index in [9.17, 15) is 9.59 Å². The van der Waals surface area contributed by atoms with Gasteiger partial charge in [-0.2, -0.15) is 0 Å². The summed E-state index contributed by atoms with van der Waals surface area (Å²) in [6.45, 7) is 2.49. The van der Waals surface area contributed by atoms with Crippen molar-refractivity contribution in [3.05, 3.63) is 60.2 Å². The number of hydrogen-bond acceptors (Lipinski definition) is 4. The van der Waals surface area contributed by atoms with Gasteiger partial charge in [0, 0.05) is 11.7 Å². The number of amides is 2. The number of hydrogen-bond donors (Lipinski definition) is 2. The third-order valence-electron chi connectivity index (χ3n) is 4.75. The molecule has 0 heterocycles. The van der Waals surface area contributed by atoms with Crippen LogP contribution in [0.15, 0.2) is 54.6 Å². The summed E-state index contributed by atoms with van der Waals surface area (Å²) in [7, 11) is 1.78. The second-order valence-electron chi connectivity index (χ2n) is 7.22. The third kappa shape index (κ3) is 6.09. The molecule has 0 radical (unpaired) electrons. The summed E-state index contributed by atoms with van der Waals surface area (Å²) in [6.07, 6.45) is 2.10. The zero-order chi connectivity index (χ0) is 19.9. The van der Waals surface area contributed by atoms with Crippen LogP contribution >= 0.6 is 0 Å². The molecule has 0 unspecified atom stereocenters. The van der Waals surface area contributed by atoms with E-state index in [2.05, 4.69) is 10.6 Å². The van der Waals surface area contributed by atoms with Gasteiger partial charge < -0.3 is 15.4 Å². The second kappa shape index (κ2) is 9.37. The first-order valence-electron chi connectivity index (χ1n) is 9.58. The number of rotatable bonds is 9. The minimum atomic E-state index is -0.418. The minimum Gasteiger partial charge on any atom is -0.489 e. The van der Waals surface area contributed by atoms with Gasteiger partial charge in [0.25, 0.3) is 0 Å². The van der Waals surface area contributed by atoms with E-state index in [1.165, 1.54) is 0 Å². The molecule has 28 heavy (non-hydrogen) atoms. The minimum absolute atomic E-state index is 0.0374. The maximum absolute atomic E-state index is 12.4. The summed E-state index contributed by atoms with van der Waals surface area (Å²) in [5.41, 5.74) is 1.79. The van der Waals surface area contributed by atoms with Gasteiger partial charge in [-0.15, -0.1) is 0 Å². The molecule has 1 fully saturated rings. The SMILES string of the molecule is C[C@@H](C(=O)Nc1ccc(OCc2ccccc2)cc1)N(C)CC(=O)NC1CC1. The number of benzene rings is 2. The van der Waals surface area contributed by atoms with Crippen molar-refractivity contribution in [1.82, 2.24) is 10.2 Å². The molecule has 1 saturated carbocycles. The van der Waals surface area contributed by atoms with Crippen LogP contribution < -0.4 is 15.4 Å². The summed E-state index contributed by atoms with van der Waals surface area (Å²) < 4.78 is 5.75. The van der Waals surface area contributed by atoms with E-state index in [-0.39, 0.29) is 18.4 Å². The van der Waals surface area contributed by atoms with Crippen LogP contribution in [0.3, 0.4) is 0 Å². The monoisotopic (exact) mass is 381 g/mol. The van der Waals surface area contributed by atoms with Crippen molar-refractivity contribution in [2.45, 2.75) is 38.5 Å². The molecule has 6 heteroatoms. The van der Waals surface area contributed by atoms with Crippen molar-refractivity contribution in [3.63, 3.8) is 0 Å². The summed E-state index contributed by atoms with van der Waals surface area (Å²) >= 11 is 0. The first kappa shape index (κ1) is 19.9. The molecule has 2 aromatic rings. The highest BCUT2D eigenvalue weighted by Gasteiger charge is 2.25. The Kier molecular flexibility index (Phi) is 6.66. The van der Waals surface area contributed by atoms with Crippen LogP contribution in [0.5, 0.6) is 5.75 Å². The summed E-state index contributed by atoms with van der Waals surface area (Å²) in [4.78, 5) is 26.1. The standard InChI is InChI=1S/C22H27N3O3/c1-16(25(2)14-21(26)23-18-8-9-18)22(27)24-19-10-12-20(13-11-19)28-15-17-6-4-3-5-7-17/h3-7,10-13,16,18H,8-9,14-15H2,1-2H3,(H,23,26)(H,24,27)/t16-/m0/s1. The van der Waals surface area contributed by atoms with Crippen molar-refractivity contribution in [2.24, 2.45) is 0 Å². The van der Waals surface area contributed by atoms with E-state index in [0.717, 1.165) is 24.2 Å². The first-order chi connectivity index (χ1) is 13.5. The first-order valence-corrected chi connectivity index (χ1v) is 9.58. The maximum Gasteiger partial charge on any atom is 0.241 e. The summed E-state index contributed by atoms with van der Waals surface area (Å²) in [6, 6.07) is 17.1. The maximum atomic E-state index is 12.4. The van der Waals surface area contributed by atoms with Gasteiger partial charge in [-0.3, -0.25) is 14.5 Å². The number of nitrogens with zero attached hydrogens (tertiary/aromatic N) is 1. The quantitative estimate of drug-likeness (QED) is 0.701. The highest BCUT2D eigenvalue weighted by Crippen LogP contribution is 2.19. The highest BCUT2D eigenvalue weighted by molar-refractivity contribution is 5.95. The highest BCUT2D eigenvalue weighted by atomic mass is 16.5. The van der Waals surface area contributed by atoms with Crippen LogP contribution in [0.1, 0.15) is 25.3 Å². The fourth-order valence-corrected chi connectivity index (χ4v) is 2.69. The number of carbonyl (C=O) groups excluding carboxylic acids is 2. The fourth-order valence-electron chi connectivity index (χ4n) is 2.69. The Balaban J connectivity index is 1.45. The van der Waals surface area contributed by atoms with Crippen molar-refractivity contribution in [1.29, 1.82) is 0 Å². The van der Waals surface area contributed by atoms with E-state index in [1.54, 1.807) is 18.9 Å². The Morgan fingerprint density at radius 3 is 2.43 bits per heavy atom. The molecule has 2 N–H and O–H groups in total. The zero-order valence-corrected chi connectivity index (χ0v) is 16.4. The molecule has 2 amide bonds. The molecular weight excluding hydrogens is 354 g/mol. The van der Waals surface area contributed by atoms with E-state index in [1.807, 2.05) is 54.6 Å². The van der Waals surface area contributed by atoms with Gasteiger partial charge in [0.05, 0.1) is 12.6 Å². The molecule has 1 aliphatic rings. The average Bonchev–Trinajstić information content (AvgIpc) is 3.51. The molecule has 0 aromatic heterocycles. The Labute approximate surface area is 165 Å². The molecule has 0 saturated heterocycles. The number of likely N-dealkylation sites (N-methyl/N-ethyl adjacent to an activating group) is 1. The van der Waals surface area contributed by atoms with Crippen LogP contribution in [0.2, 0.25) is 0 Å². The van der Waals surface area contributed by atoms with Gasteiger partial charge in [-0.05, 0) is 56.6 Å². The van der Waals surface area contributed by atoms with Crippen molar-refractivity contribution >= 4 is 17.5 Å². The van der Waals surface area contributed by atoms with Crippen molar-refractivity contribution < 1.29 is 14.3 Å². The lowest BCUT2D eigenvalue weighted by molar-refractivity contribution is -0.124. The topological polar surface area (TPSA) is 70.7 Å². The van der Waals surface area contributed by atoms with Gasteiger partial charge in [0.15, 0.2) is 0 Å². The fraction of sp³-hybridized carbons (Fsp3) is 0.364. The number of ether oxygens (including phenoxy) is 1. The average molecular weight is 381 g/mol. The van der Waals surface area contributed by atoms with Gasteiger partial charge in [-0.1, -0.05) is 30.3 Å². The Bertz CT molecular complexity index is 788. The van der Waals surface area contributed by atoms with Crippen LogP contribution in [0.4, 0.5) is 5.69 Å². The molecule has 0 aliphatic heterocycles. The Hall–Kier alpha value is -2.86. The Morgan fingerprint density at radius 2 is 1.79 bits per heavy atom. The van der Waals surface area contributed by atoms with Crippen molar-refractivity contribution in [2.75, 3.05) is 18.9 Å². The van der Waals surface area contributed by atoms with Gasteiger partial charge in [0.2, 0.25) is 11.8 Å².